The summed E-state index contributed by atoms with van der Waals surface area (Å²) in [5, 5.41) is 19.3. The minimum Gasteiger partial charge on any atom is -0.353 e. The van der Waals surface area contributed by atoms with Crippen molar-refractivity contribution >= 4 is 33.9 Å². The summed E-state index contributed by atoms with van der Waals surface area (Å²) in [6, 6.07) is 3.90. The van der Waals surface area contributed by atoms with Gasteiger partial charge in [-0.3, -0.25) is 10.1 Å². The molecule has 0 spiro atoms. The zero-order chi connectivity index (χ0) is 14.7. The maximum atomic E-state index is 13.5. The lowest BCUT2D eigenvalue weighted by Crippen LogP contribution is -2.07. The third kappa shape index (κ3) is 3.42. The first-order valence-corrected chi connectivity index (χ1v) is 7.34. The van der Waals surface area contributed by atoms with E-state index in [2.05, 4.69) is 10.2 Å². The highest BCUT2D eigenvalue weighted by atomic mass is 32.2. The Morgan fingerprint density at radius 2 is 2.20 bits per heavy atom. The zero-order valence-corrected chi connectivity index (χ0v) is 12.4. The van der Waals surface area contributed by atoms with Crippen LogP contribution in [0.25, 0.3) is 0 Å². The fraction of sp³-hybridized carbons (Fsp3) is 0.273. The fourth-order valence-electron chi connectivity index (χ4n) is 1.37. The van der Waals surface area contributed by atoms with E-state index < -0.39 is 16.4 Å². The molecule has 2 aromatic rings. The average molecular weight is 314 g/mol. The van der Waals surface area contributed by atoms with Crippen LogP contribution in [0.2, 0.25) is 0 Å². The lowest BCUT2D eigenvalue weighted by molar-refractivity contribution is -0.387. The summed E-state index contributed by atoms with van der Waals surface area (Å²) in [6.45, 7) is 0. The van der Waals surface area contributed by atoms with Crippen LogP contribution in [-0.2, 0) is 5.75 Å². The fourth-order valence-corrected chi connectivity index (χ4v) is 3.08. The summed E-state index contributed by atoms with van der Waals surface area (Å²) in [7, 11) is 3.75. The van der Waals surface area contributed by atoms with E-state index in [4.69, 9.17) is 0 Å². The Labute approximate surface area is 122 Å². The van der Waals surface area contributed by atoms with E-state index in [-0.39, 0.29) is 0 Å². The van der Waals surface area contributed by atoms with Crippen molar-refractivity contribution in [3.63, 3.8) is 0 Å². The number of nitrogens with zero attached hydrogens (tertiary/aromatic N) is 4. The number of aromatic nitrogens is 2. The molecule has 1 aromatic heterocycles. The van der Waals surface area contributed by atoms with Crippen molar-refractivity contribution in [1.82, 2.24) is 10.2 Å². The van der Waals surface area contributed by atoms with Crippen LogP contribution in [0.4, 0.5) is 15.2 Å². The van der Waals surface area contributed by atoms with Gasteiger partial charge in [-0.1, -0.05) is 29.2 Å². The summed E-state index contributed by atoms with van der Waals surface area (Å²) in [4.78, 5) is 11.6. The van der Waals surface area contributed by atoms with Gasteiger partial charge in [0.2, 0.25) is 10.9 Å². The predicted octanol–water partition coefficient (Wildman–Crippen LogP) is 2.94. The molecule has 6 nitrogen and oxygen atoms in total. The van der Waals surface area contributed by atoms with Crippen LogP contribution in [-0.4, -0.2) is 29.2 Å². The lowest BCUT2D eigenvalue weighted by atomic mass is 10.2. The highest BCUT2D eigenvalue weighted by molar-refractivity contribution is 8.00. The van der Waals surface area contributed by atoms with Gasteiger partial charge in [-0.15, -0.1) is 10.2 Å². The van der Waals surface area contributed by atoms with E-state index >= 15 is 0 Å². The van der Waals surface area contributed by atoms with Crippen molar-refractivity contribution in [2.24, 2.45) is 0 Å². The minimum atomic E-state index is -0.820. The molecular formula is C11H11FN4O2S2. The van der Waals surface area contributed by atoms with Crippen molar-refractivity contribution in [1.29, 1.82) is 0 Å². The van der Waals surface area contributed by atoms with Crippen LogP contribution in [0.1, 0.15) is 5.56 Å². The first kappa shape index (κ1) is 14.7. The Bertz CT molecular complexity index is 633. The third-order valence-electron chi connectivity index (χ3n) is 2.35. The normalized spacial score (nSPS) is 10.6. The average Bonchev–Trinajstić information content (AvgIpc) is 2.85. The van der Waals surface area contributed by atoms with E-state index in [1.165, 1.54) is 35.2 Å². The van der Waals surface area contributed by atoms with Gasteiger partial charge in [0.15, 0.2) is 4.34 Å². The third-order valence-corrected chi connectivity index (χ3v) is 4.64. The van der Waals surface area contributed by atoms with Crippen LogP contribution in [0.5, 0.6) is 0 Å². The molecule has 1 heterocycles. The molecule has 0 saturated carbocycles. The van der Waals surface area contributed by atoms with Crippen LogP contribution < -0.4 is 4.90 Å². The van der Waals surface area contributed by atoms with E-state index in [1.807, 2.05) is 19.0 Å². The molecule has 0 aliphatic carbocycles. The molecule has 0 atom stereocenters. The molecule has 9 heteroatoms. The van der Waals surface area contributed by atoms with Crippen molar-refractivity contribution in [2.45, 2.75) is 10.1 Å². The van der Waals surface area contributed by atoms with E-state index in [1.54, 1.807) is 6.07 Å². The largest absolute Gasteiger partial charge is 0.353 e. The summed E-state index contributed by atoms with van der Waals surface area (Å²) >= 11 is 2.85. The molecule has 0 aliphatic heterocycles. The number of nitro benzene ring substituents is 1. The Hall–Kier alpha value is -1.74. The van der Waals surface area contributed by atoms with Gasteiger partial charge in [0.25, 0.3) is 0 Å². The number of hydrogen-bond donors (Lipinski definition) is 0. The molecule has 0 N–H and O–H groups in total. The topological polar surface area (TPSA) is 72.2 Å². The highest BCUT2D eigenvalue weighted by Crippen LogP contribution is 2.30. The van der Waals surface area contributed by atoms with Gasteiger partial charge in [-0.2, -0.15) is 4.39 Å². The Kier molecular flexibility index (Phi) is 4.50. The number of hydrogen-bond acceptors (Lipinski definition) is 7. The first-order chi connectivity index (χ1) is 9.47. The second-order valence-corrected chi connectivity index (χ2v) is 6.25. The lowest BCUT2D eigenvalue weighted by Gasteiger charge is -2.03. The quantitative estimate of drug-likeness (QED) is 0.480. The molecule has 0 fully saturated rings. The maximum Gasteiger partial charge on any atom is 0.304 e. The van der Waals surface area contributed by atoms with Crippen LogP contribution in [0.3, 0.4) is 0 Å². The molecule has 106 valence electrons. The minimum absolute atomic E-state index is 0.483. The molecule has 1 aromatic carbocycles. The summed E-state index contributed by atoms with van der Waals surface area (Å²) < 4.78 is 14.2. The van der Waals surface area contributed by atoms with Crippen molar-refractivity contribution < 1.29 is 9.31 Å². The first-order valence-electron chi connectivity index (χ1n) is 5.54. The van der Waals surface area contributed by atoms with Crippen molar-refractivity contribution in [3.05, 3.63) is 39.7 Å². The number of thioether (sulfide) groups is 1. The predicted molar refractivity (Wildman–Crippen MR) is 76.9 cm³/mol. The summed E-state index contributed by atoms with van der Waals surface area (Å²) in [5.74, 6) is -0.337. The molecule has 20 heavy (non-hydrogen) atoms. The standard InChI is InChI=1S/C11H11FN4O2S2/c1-15(2)10-13-14-11(20-10)19-6-7-3-4-9(16(17)18)8(12)5-7/h3-5H,6H2,1-2H3. The number of anilines is 1. The molecular weight excluding hydrogens is 303 g/mol. The smallest absolute Gasteiger partial charge is 0.304 e. The van der Waals surface area contributed by atoms with E-state index in [9.17, 15) is 14.5 Å². The van der Waals surface area contributed by atoms with Crippen LogP contribution >= 0.6 is 23.1 Å². The van der Waals surface area contributed by atoms with Gasteiger partial charge in [-0.25, -0.2) is 0 Å². The molecule has 2 rings (SSSR count). The van der Waals surface area contributed by atoms with Gasteiger partial charge in [0.05, 0.1) is 4.92 Å². The number of nitro groups is 1. The van der Waals surface area contributed by atoms with E-state index in [0.29, 0.717) is 11.3 Å². The Morgan fingerprint density at radius 3 is 2.75 bits per heavy atom. The van der Waals surface area contributed by atoms with E-state index in [0.717, 1.165) is 9.47 Å². The van der Waals surface area contributed by atoms with Crippen LogP contribution in [0.15, 0.2) is 22.5 Å². The number of halogens is 1. The molecule has 0 saturated heterocycles. The Balaban J connectivity index is 2.03. The number of rotatable bonds is 5. The van der Waals surface area contributed by atoms with Gasteiger partial charge in [-0.05, 0) is 11.6 Å². The maximum absolute atomic E-state index is 13.5. The SMILES string of the molecule is CN(C)c1nnc(SCc2ccc([N+](=O)[O-])c(F)c2)s1. The highest BCUT2D eigenvalue weighted by Gasteiger charge is 2.14. The number of benzene rings is 1. The molecule has 0 amide bonds. The van der Waals surface area contributed by atoms with Gasteiger partial charge in [0.1, 0.15) is 0 Å². The molecule has 0 aliphatic rings. The summed E-state index contributed by atoms with van der Waals surface area (Å²) in [6.07, 6.45) is 0. The Morgan fingerprint density at radius 1 is 1.45 bits per heavy atom. The van der Waals surface area contributed by atoms with Gasteiger partial charge >= 0.3 is 5.69 Å². The monoisotopic (exact) mass is 314 g/mol. The summed E-state index contributed by atoms with van der Waals surface area (Å²) in [5.41, 5.74) is 0.157. The molecule has 0 radical (unpaired) electrons. The van der Waals surface area contributed by atoms with Crippen molar-refractivity contribution in [3.8, 4) is 0 Å². The molecule has 0 unspecified atom stereocenters. The second kappa shape index (κ2) is 6.14. The molecule has 0 bridgehead atoms. The van der Waals surface area contributed by atoms with Crippen LogP contribution in [0, 0.1) is 15.9 Å². The second-order valence-electron chi connectivity index (χ2n) is 4.08. The van der Waals surface area contributed by atoms with Gasteiger partial charge in [0, 0.05) is 25.9 Å². The zero-order valence-electron chi connectivity index (χ0n) is 10.7. The van der Waals surface area contributed by atoms with Gasteiger partial charge < -0.3 is 4.90 Å². The van der Waals surface area contributed by atoms with Crippen molar-refractivity contribution in [2.75, 3.05) is 19.0 Å².